The van der Waals surface area contributed by atoms with Crippen molar-refractivity contribution in [1.82, 2.24) is 5.32 Å². The van der Waals surface area contributed by atoms with Crippen molar-refractivity contribution >= 4 is 33.3 Å². The third kappa shape index (κ3) is 4.85. The first-order chi connectivity index (χ1) is 9.10. The van der Waals surface area contributed by atoms with Crippen LogP contribution < -0.4 is 15.8 Å². The first-order valence-electron chi connectivity index (χ1n) is 6.14. The van der Waals surface area contributed by atoms with E-state index >= 15 is 0 Å². The normalized spacial score (nSPS) is 11.1. The number of rotatable bonds is 4. The molecule has 20 heavy (non-hydrogen) atoms. The number of ether oxygens (including phenoxy) is 1. The van der Waals surface area contributed by atoms with Crippen molar-refractivity contribution in [2.45, 2.75) is 33.2 Å². The number of anilines is 1. The second-order valence-corrected chi connectivity index (χ2v) is 6.43. The second-order valence-electron chi connectivity index (χ2n) is 5.51. The lowest BCUT2D eigenvalue weighted by molar-refractivity contribution is -0.124. The zero-order valence-electron chi connectivity index (χ0n) is 12.0. The zero-order valence-corrected chi connectivity index (χ0v) is 13.6. The van der Waals surface area contributed by atoms with Gasteiger partial charge in [0.05, 0.1) is 11.3 Å². The SMILES string of the molecule is CC(=O)c1cc(Br)cc(N)c1OCC(=O)NC(C)(C)C. The third-order valence-electron chi connectivity index (χ3n) is 2.32. The number of carbonyl (C=O) groups is 2. The number of Topliss-reactive ketones (excluding diaryl/α,β-unsaturated/α-hetero) is 1. The van der Waals surface area contributed by atoms with Gasteiger partial charge in [-0.1, -0.05) is 15.9 Å². The maximum Gasteiger partial charge on any atom is 0.258 e. The molecule has 0 radical (unpaired) electrons. The van der Waals surface area contributed by atoms with Crippen LogP contribution in [0.2, 0.25) is 0 Å². The van der Waals surface area contributed by atoms with E-state index in [9.17, 15) is 9.59 Å². The summed E-state index contributed by atoms with van der Waals surface area (Å²) >= 11 is 3.27. The molecule has 1 amide bonds. The Bertz CT molecular complexity index is 536. The number of benzene rings is 1. The van der Waals surface area contributed by atoms with Gasteiger partial charge in [-0.3, -0.25) is 9.59 Å². The first-order valence-corrected chi connectivity index (χ1v) is 6.93. The predicted octanol–water partition coefficient (Wildman–Crippen LogP) is 2.53. The molecule has 1 aromatic carbocycles. The average molecular weight is 343 g/mol. The molecule has 0 bridgehead atoms. The molecule has 0 aromatic heterocycles. The van der Waals surface area contributed by atoms with Gasteiger partial charge in [-0.15, -0.1) is 0 Å². The van der Waals surface area contributed by atoms with Crippen LogP contribution in [0.3, 0.4) is 0 Å². The summed E-state index contributed by atoms with van der Waals surface area (Å²) in [5.41, 5.74) is 6.16. The number of ketones is 1. The molecule has 0 aliphatic carbocycles. The van der Waals surface area contributed by atoms with Crippen LogP contribution in [0.4, 0.5) is 5.69 Å². The predicted molar refractivity (Wildman–Crippen MR) is 81.9 cm³/mol. The molecule has 0 spiro atoms. The van der Waals surface area contributed by atoms with Gasteiger partial charge >= 0.3 is 0 Å². The van der Waals surface area contributed by atoms with Crippen LogP contribution in [0.15, 0.2) is 16.6 Å². The molecule has 0 heterocycles. The second kappa shape index (κ2) is 6.26. The van der Waals surface area contributed by atoms with Gasteiger partial charge in [-0.2, -0.15) is 0 Å². The van der Waals surface area contributed by atoms with Gasteiger partial charge in [0.1, 0.15) is 0 Å². The van der Waals surface area contributed by atoms with Crippen LogP contribution in [0.25, 0.3) is 0 Å². The Morgan fingerprint density at radius 2 is 1.95 bits per heavy atom. The Kier molecular flexibility index (Phi) is 5.16. The van der Waals surface area contributed by atoms with E-state index in [0.717, 1.165) is 0 Å². The summed E-state index contributed by atoms with van der Waals surface area (Å²) < 4.78 is 6.10. The highest BCUT2D eigenvalue weighted by molar-refractivity contribution is 9.10. The molecule has 1 aromatic rings. The fourth-order valence-corrected chi connectivity index (χ4v) is 2.10. The Morgan fingerprint density at radius 1 is 1.35 bits per heavy atom. The molecule has 0 aliphatic heterocycles. The Morgan fingerprint density at radius 3 is 2.45 bits per heavy atom. The maximum atomic E-state index is 11.7. The number of amides is 1. The number of nitrogen functional groups attached to an aromatic ring is 1. The number of carbonyl (C=O) groups excluding carboxylic acids is 2. The van der Waals surface area contributed by atoms with Crippen molar-refractivity contribution in [1.29, 1.82) is 0 Å². The quantitative estimate of drug-likeness (QED) is 0.650. The van der Waals surface area contributed by atoms with Crippen LogP contribution in [0, 0.1) is 0 Å². The number of nitrogens with two attached hydrogens (primary N) is 1. The van der Waals surface area contributed by atoms with E-state index in [2.05, 4.69) is 21.2 Å². The average Bonchev–Trinajstić information content (AvgIpc) is 2.24. The standard InChI is InChI=1S/C14H19BrN2O3/c1-8(18)10-5-9(15)6-11(16)13(10)20-7-12(19)17-14(2,3)4/h5-6H,7,16H2,1-4H3,(H,17,19). The molecule has 0 unspecified atom stereocenters. The molecule has 0 atom stereocenters. The van der Waals surface area contributed by atoms with Gasteiger partial charge in [0.25, 0.3) is 5.91 Å². The largest absolute Gasteiger partial charge is 0.481 e. The van der Waals surface area contributed by atoms with E-state index in [1.807, 2.05) is 20.8 Å². The van der Waals surface area contributed by atoms with Crippen LogP contribution in [0.5, 0.6) is 5.75 Å². The van der Waals surface area contributed by atoms with Crippen molar-refractivity contribution in [3.8, 4) is 5.75 Å². The van der Waals surface area contributed by atoms with Crippen LogP contribution in [-0.4, -0.2) is 23.8 Å². The van der Waals surface area contributed by atoms with Crippen molar-refractivity contribution in [2.75, 3.05) is 12.3 Å². The minimum Gasteiger partial charge on any atom is -0.481 e. The van der Waals surface area contributed by atoms with Gasteiger partial charge in [0.2, 0.25) is 0 Å². The number of nitrogens with one attached hydrogen (secondary N) is 1. The van der Waals surface area contributed by atoms with Crippen LogP contribution in [0.1, 0.15) is 38.1 Å². The Labute approximate surface area is 127 Å². The molecule has 0 fully saturated rings. The van der Waals surface area contributed by atoms with Gasteiger partial charge < -0.3 is 15.8 Å². The summed E-state index contributed by atoms with van der Waals surface area (Å²) in [5, 5.41) is 2.77. The van der Waals surface area contributed by atoms with E-state index in [1.54, 1.807) is 12.1 Å². The van der Waals surface area contributed by atoms with Gasteiger partial charge in [-0.05, 0) is 39.8 Å². The zero-order chi connectivity index (χ0) is 15.5. The molecule has 1 rings (SSSR count). The van der Waals surface area contributed by atoms with Crippen molar-refractivity contribution in [2.24, 2.45) is 0 Å². The molecule has 3 N–H and O–H groups in total. The highest BCUT2D eigenvalue weighted by Crippen LogP contribution is 2.31. The monoisotopic (exact) mass is 342 g/mol. The molecule has 0 saturated heterocycles. The lowest BCUT2D eigenvalue weighted by Gasteiger charge is -2.21. The number of halogens is 1. The van der Waals surface area contributed by atoms with Crippen molar-refractivity contribution < 1.29 is 14.3 Å². The van der Waals surface area contributed by atoms with Gasteiger partial charge in [0.15, 0.2) is 18.1 Å². The summed E-state index contributed by atoms with van der Waals surface area (Å²) in [4.78, 5) is 23.3. The van der Waals surface area contributed by atoms with Crippen LogP contribution in [-0.2, 0) is 4.79 Å². The van der Waals surface area contributed by atoms with Crippen molar-refractivity contribution in [3.63, 3.8) is 0 Å². The summed E-state index contributed by atoms with van der Waals surface area (Å²) in [7, 11) is 0. The minimum atomic E-state index is -0.338. The minimum absolute atomic E-state index is 0.177. The lowest BCUT2D eigenvalue weighted by Crippen LogP contribution is -2.43. The van der Waals surface area contributed by atoms with E-state index in [0.29, 0.717) is 15.7 Å². The van der Waals surface area contributed by atoms with E-state index < -0.39 is 0 Å². The smallest absolute Gasteiger partial charge is 0.258 e. The van der Waals surface area contributed by atoms with E-state index in [1.165, 1.54) is 6.92 Å². The maximum absolute atomic E-state index is 11.7. The van der Waals surface area contributed by atoms with Gasteiger partial charge in [-0.25, -0.2) is 0 Å². The molecular weight excluding hydrogens is 324 g/mol. The Balaban J connectivity index is 2.88. The van der Waals surface area contributed by atoms with E-state index in [-0.39, 0.29) is 29.6 Å². The molecule has 6 heteroatoms. The molecular formula is C14H19BrN2O3. The molecule has 0 saturated carbocycles. The molecule has 110 valence electrons. The summed E-state index contributed by atoms with van der Waals surface area (Å²) in [5.74, 6) is -0.205. The lowest BCUT2D eigenvalue weighted by atomic mass is 10.1. The highest BCUT2D eigenvalue weighted by Gasteiger charge is 2.17. The fourth-order valence-electron chi connectivity index (χ4n) is 1.63. The van der Waals surface area contributed by atoms with Gasteiger partial charge in [0, 0.05) is 10.0 Å². The fraction of sp³-hybridized carbons (Fsp3) is 0.429. The number of hydrogen-bond donors (Lipinski definition) is 2. The van der Waals surface area contributed by atoms with Crippen LogP contribution >= 0.6 is 15.9 Å². The summed E-state index contributed by atoms with van der Waals surface area (Å²) in [6.45, 7) is 6.85. The third-order valence-corrected chi connectivity index (χ3v) is 2.78. The Hall–Kier alpha value is -1.56. The summed E-state index contributed by atoms with van der Waals surface area (Å²) in [6.07, 6.45) is 0. The topological polar surface area (TPSA) is 81.4 Å². The van der Waals surface area contributed by atoms with E-state index in [4.69, 9.17) is 10.5 Å². The summed E-state index contributed by atoms with van der Waals surface area (Å²) in [6, 6.07) is 3.25. The van der Waals surface area contributed by atoms with Crippen molar-refractivity contribution in [3.05, 3.63) is 22.2 Å². The molecule has 0 aliphatic rings. The highest BCUT2D eigenvalue weighted by atomic mass is 79.9. The number of hydrogen-bond acceptors (Lipinski definition) is 4. The molecule has 5 nitrogen and oxygen atoms in total. The first kappa shape index (κ1) is 16.5.